The number of para-hydroxylation sites is 1. The lowest BCUT2D eigenvalue weighted by atomic mass is 9.95. The Labute approximate surface area is 190 Å². The number of fused-ring (bicyclic) bond motifs is 1. The van der Waals surface area contributed by atoms with Crippen LogP contribution < -0.4 is 0 Å². The van der Waals surface area contributed by atoms with E-state index < -0.39 is 6.04 Å². The Hall–Kier alpha value is -2.54. The van der Waals surface area contributed by atoms with Gasteiger partial charge in [0, 0.05) is 24.3 Å². The van der Waals surface area contributed by atoms with Crippen LogP contribution in [0.2, 0.25) is 10.0 Å². The van der Waals surface area contributed by atoms with Crippen LogP contribution in [0, 0.1) is 0 Å². The number of H-pyrrole nitrogens is 1. The van der Waals surface area contributed by atoms with Crippen LogP contribution >= 0.6 is 23.2 Å². The van der Waals surface area contributed by atoms with Crippen LogP contribution in [0.25, 0.3) is 11.3 Å². The number of nitrogens with zero attached hydrogens (tertiary/aromatic N) is 2. The molecule has 1 aromatic heterocycles. The molecule has 0 unspecified atom stereocenters. The first kappa shape index (κ1) is 21.7. The smallest absolute Gasteiger partial charge is 0.273 e. The van der Waals surface area contributed by atoms with Crippen LogP contribution in [-0.4, -0.2) is 45.4 Å². The predicted molar refractivity (Wildman–Crippen MR) is 121 cm³/mol. The van der Waals surface area contributed by atoms with Gasteiger partial charge in [-0.1, -0.05) is 41.4 Å². The monoisotopic (exact) mass is 459 g/mol. The highest BCUT2D eigenvalue weighted by molar-refractivity contribution is 6.42. The number of nitrogens with one attached hydrogen (secondary N) is 1. The molecule has 1 aliphatic heterocycles. The SMILES string of the molecule is CC(C)OCCCN1C(=O)c2[nH]nc(-c3ccccc3O)c2[C@H]1c1ccc(Cl)c(Cl)c1. The topological polar surface area (TPSA) is 78.5 Å². The fraction of sp³-hybridized carbons (Fsp3) is 0.304. The number of amides is 1. The Morgan fingerprint density at radius 2 is 1.97 bits per heavy atom. The predicted octanol–water partition coefficient (Wildman–Crippen LogP) is 5.45. The third-order valence-electron chi connectivity index (χ3n) is 5.28. The van der Waals surface area contributed by atoms with Crippen LogP contribution in [0.4, 0.5) is 0 Å². The fourth-order valence-corrected chi connectivity index (χ4v) is 4.20. The molecule has 0 spiro atoms. The molecule has 2 aromatic carbocycles. The van der Waals surface area contributed by atoms with Gasteiger partial charge in [-0.2, -0.15) is 5.10 Å². The van der Waals surface area contributed by atoms with Gasteiger partial charge in [0.15, 0.2) is 0 Å². The van der Waals surface area contributed by atoms with Gasteiger partial charge < -0.3 is 14.7 Å². The van der Waals surface area contributed by atoms with Gasteiger partial charge in [-0.05, 0) is 50.1 Å². The van der Waals surface area contributed by atoms with Gasteiger partial charge in [-0.25, -0.2) is 0 Å². The number of carbonyl (C=O) groups excluding carboxylic acids is 1. The van der Waals surface area contributed by atoms with Crippen LogP contribution in [0.3, 0.4) is 0 Å². The standard InChI is InChI=1S/C23H23Cl2N3O3/c1-13(2)31-11-5-10-28-22(14-8-9-16(24)17(25)12-14)19-20(26-27-21(19)23(28)30)15-6-3-4-7-18(15)29/h3-4,6-9,12-13,22,29H,5,10-11H2,1-2H3,(H,26,27)/t22-/m1/s1. The molecule has 31 heavy (non-hydrogen) atoms. The summed E-state index contributed by atoms with van der Waals surface area (Å²) in [5, 5.41) is 18.5. The molecule has 0 bridgehead atoms. The van der Waals surface area contributed by atoms with Gasteiger partial charge in [0.2, 0.25) is 0 Å². The van der Waals surface area contributed by atoms with E-state index in [1.807, 2.05) is 26.0 Å². The highest BCUT2D eigenvalue weighted by atomic mass is 35.5. The molecule has 0 saturated carbocycles. The van der Waals surface area contributed by atoms with E-state index in [1.54, 1.807) is 35.2 Å². The van der Waals surface area contributed by atoms with Gasteiger partial charge in [-0.3, -0.25) is 9.89 Å². The molecule has 6 nitrogen and oxygen atoms in total. The van der Waals surface area contributed by atoms with Crippen LogP contribution in [-0.2, 0) is 4.74 Å². The highest BCUT2D eigenvalue weighted by Gasteiger charge is 2.42. The number of halogens is 2. The minimum atomic E-state index is -0.412. The van der Waals surface area contributed by atoms with Crippen molar-refractivity contribution < 1.29 is 14.6 Å². The van der Waals surface area contributed by atoms with Gasteiger partial charge in [-0.15, -0.1) is 0 Å². The average Bonchev–Trinajstić information content (AvgIpc) is 3.27. The van der Waals surface area contributed by atoms with E-state index in [-0.39, 0.29) is 17.8 Å². The number of carbonyl (C=O) groups is 1. The summed E-state index contributed by atoms with van der Waals surface area (Å²) >= 11 is 12.4. The Bertz CT molecular complexity index is 1110. The van der Waals surface area contributed by atoms with Crippen molar-refractivity contribution in [1.29, 1.82) is 0 Å². The number of phenolic OH excluding ortho intramolecular Hbond substituents is 1. The number of aromatic amines is 1. The number of ether oxygens (including phenoxy) is 1. The molecule has 162 valence electrons. The van der Waals surface area contributed by atoms with Gasteiger partial charge in [0.25, 0.3) is 5.91 Å². The van der Waals surface area contributed by atoms with Gasteiger partial charge >= 0.3 is 0 Å². The van der Waals surface area contributed by atoms with Gasteiger partial charge in [0.05, 0.1) is 22.2 Å². The summed E-state index contributed by atoms with van der Waals surface area (Å²) in [7, 11) is 0. The molecule has 0 radical (unpaired) electrons. The van der Waals surface area contributed by atoms with E-state index in [0.717, 1.165) is 11.1 Å². The second kappa shape index (κ2) is 8.91. The number of phenols is 1. The van der Waals surface area contributed by atoms with Crippen LogP contribution in [0.15, 0.2) is 42.5 Å². The number of benzene rings is 2. The zero-order valence-electron chi connectivity index (χ0n) is 17.2. The summed E-state index contributed by atoms with van der Waals surface area (Å²) in [4.78, 5) is 15.1. The van der Waals surface area contributed by atoms with E-state index in [9.17, 15) is 9.90 Å². The maximum atomic E-state index is 13.3. The summed E-state index contributed by atoms with van der Waals surface area (Å²) in [6.07, 6.45) is 0.815. The summed E-state index contributed by atoms with van der Waals surface area (Å²) in [6, 6.07) is 11.9. The molecular weight excluding hydrogens is 437 g/mol. The van der Waals surface area contributed by atoms with Crippen LogP contribution in [0.1, 0.15) is 47.9 Å². The van der Waals surface area contributed by atoms with Crippen molar-refractivity contribution in [3.8, 4) is 17.0 Å². The number of aromatic hydroxyl groups is 1. The molecular formula is C23H23Cl2N3O3. The van der Waals surface area contributed by atoms with E-state index >= 15 is 0 Å². The molecule has 8 heteroatoms. The second-order valence-electron chi connectivity index (χ2n) is 7.73. The van der Waals surface area contributed by atoms with E-state index in [2.05, 4.69) is 10.2 Å². The first-order chi connectivity index (χ1) is 14.9. The van der Waals surface area contributed by atoms with Crippen molar-refractivity contribution in [2.75, 3.05) is 13.2 Å². The summed E-state index contributed by atoms with van der Waals surface area (Å²) < 4.78 is 5.65. The summed E-state index contributed by atoms with van der Waals surface area (Å²) in [5.41, 5.74) is 3.06. The zero-order valence-corrected chi connectivity index (χ0v) is 18.7. The maximum absolute atomic E-state index is 13.3. The Kier molecular flexibility index (Phi) is 6.23. The maximum Gasteiger partial charge on any atom is 0.273 e. The molecule has 3 aromatic rings. The molecule has 1 aliphatic rings. The first-order valence-corrected chi connectivity index (χ1v) is 10.9. The zero-order chi connectivity index (χ0) is 22.1. The molecule has 0 aliphatic carbocycles. The van der Waals surface area contributed by atoms with E-state index in [1.165, 1.54) is 0 Å². The largest absolute Gasteiger partial charge is 0.507 e. The quantitative estimate of drug-likeness (QED) is 0.460. The van der Waals surface area contributed by atoms with E-state index in [0.29, 0.717) is 46.6 Å². The van der Waals surface area contributed by atoms with E-state index in [4.69, 9.17) is 27.9 Å². The number of hydrogen-bond acceptors (Lipinski definition) is 4. The van der Waals surface area contributed by atoms with Crippen molar-refractivity contribution >= 4 is 29.1 Å². The number of aromatic nitrogens is 2. The molecule has 1 atom stereocenters. The molecule has 0 fully saturated rings. The molecule has 1 amide bonds. The molecule has 0 saturated heterocycles. The number of hydrogen-bond donors (Lipinski definition) is 2. The van der Waals surface area contributed by atoms with Gasteiger partial charge in [0.1, 0.15) is 17.1 Å². The van der Waals surface area contributed by atoms with Crippen molar-refractivity contribution in [3.63, 3.8) is 0 Å². The summed E-state index contributed by atoms with van der Waals surface area (Å²) in [6.45, 7) is 5.01. The molecule has 4 rings (SSSR count). The fourth-order valence-electron chi connectivity index (χ4n) is 3.89. The summed E-state index contributed by atoms with van der Waals surface area (Å²) in [5.74, 6) is -0.0503. The minimum absolute atomic E-state index is 0.0981. The lowest BCUT2D eigenvalue weighted by molar-refractivity contribution is 0.0601. The molecule has 2 heterocycles. The minimum Gasteiger partial charge on any atom is -0.507 e. The molecule has 2 N–H and O–H groups in total. The van der Waals surface area contributed by atoms with Crippen molar-refractivity contribution in [2.24, 2.45) is 0 Å². The van der Waals surface area contributed by atoms with Crippen molar-refractivity contribution in [1.82, 2.24) is 15.1 Å². The lowest BCUT2D eigenvalue weighted by Gasteiger charge is -2.27. The highest BCUT2D eigenvalue weighted by Crippen LogP contribution is 2.45. The van der Waals surface area contributed by atoms with Crippen LogP contribution in [0.5, 0.6) is 5.75 Å². The second-order valence-corrected chi connectivity index (χ2v) is 8.54. The Morgan fingerprint density at radius 3 is 2.68 bits per heavy atom. The average molecular weight is 460 g/mol. The third-order valence-corrected chi connectivity index (χ3v) is 6.02. The Balaban J connectivity index is 1.77. The first-order valence-electron chi connectivity index (χ1n) is 10.1. The van der Waals surface area contributed by atoms with Crippen molar-refractivity contribution in [3.05, 3.63) is 69.3 Å². The normalized spacial score (nSPS) is 15.7. The number of rotatable bonds is 7. The van der Waals surface area contributed by atoms with Crippen molar-refractivity contribution in [2.45, 2.75) is 32.4 Å². The third kappa shape index (κ3) is 4.15. The lowest BCUT2D eigenvalue weighted by Crippen LogP contribution is -2.31. The Morgan fingerprint density at radius 1 is 1.19 bits per heavy atom.